The molecule has 0 aromatic rings. The number of carbonyl (C=O) groups is 1. The van der Waals surface area contributed by atoms with Gasteiger partial charge in [0.2, 0.25) is 0 Å². The fourth-order valence-electron chi connectivity index (χ4n) is 7.02. The number of aliphatic hydroxyl groups is 2. The van der Waals surface area contributed by atoms with Gasteiger partial charge in [-0.3, -0.25) is 4.79 Å². The van der Waals surface area contributed by atoms with E-state index in [2.05, 4.69) is 34.6 Å². The monoisotopic (exact) mass is 382 g/mol. The minimum absolute atomic E-state index is 0.0731. The van der Waals surface area contributed by atoms with Crippen molar-refractivity contribution in [2.75, 3.05) is 0 Å². The summed E-state index contributed by atoms with van der Waals surface area (Å²) in [7, 11) is 0. The number of carboxylic acids is 1. The SMILES string of the molecule is CCCC(C)C1[C@H](O)[C@H](CC)[C@@H]2C[C@H](O)CC[C@]2(C)[C@@H]1[C@H](C)CCC(=O)O. The van der Waals surface area contributed by atoms with E-state index in [0.29, 0.717) is 24.2 Å². The molecule has 158 valence electrons. The third-order valence-electron chi connectivity index (χ3n) is 8.21. The Bertz CT molecular complexity index is 493. The lowest BCUT2D eigenvalue weighted by Gasteiger charge is -2.62. The van der Waals surface area contributed by atoms with Crippen LogP contribution in [0.2, 0.25) is 0 Å². The van der Waals surface area contributed by atoms with Crippen molar-refractivity contribution in [1.29, 1.82) is 0 Å². The molecule has 4 nitrogen and oxygen atoms in total. The van der Waals surface area contributed by atoms with Crippen LogP contribution in [0.3, 0.4) is 0 Å². The Labute approximate surface area is 165 Å². The van der Waals surface area contributed by atoms with E-state index in [1.165, 1.54) is 0 Å². The maximum atomic E-state index is 11.5. The molecule has 0 aromatic carbocycles. The van der Waals surface area contributed by atoms with Gasteiger partial charge < -0.3 is 15.3 Å². The second-order valence-corrected chi connectivity index (χ2v) is 9.88. The van der Waals surface area contributed by atoms with E-state index in [-0.39, 0.29) is 41.8 Å². The van der Waals surface area contributed by atoms with Crippen LogP contribution >= 0.6 is 0 Å². The summed E-state index contributed by atoms with van der Waals surface area (Å²) in [5, 5.41) is 31.0. The first-order chi connectivity index (χ1) is 12.7. The van der Waals surface area contributed by atoms with Gasteiger partial charge in [0.25, 0.3) is 0 Å². The quantitative estimate of drug-likeness (QED) is 0.567. The van der Waals surface area contributed by atoms with Gasteiger partial charge in [0.05, 0.1) is 12.2 Å². The van der Waals surface area contributed by atoms with Crippen molar-refractivity contribution in [2.45, 2.75) is 98.2 Å². The number of hydrogen-bond acceptors (Lipinski definition) is 3. The first-order valence-electron chi connectivity index (χ1n) is 11.2. The normalized spacial score (nSPS) is 41.6. The number of carboxylic acid groups (broad SMARTS) is 1. The first-order valence-corrected chi connectivity index (χ1v) is 11.2. The predicted molar refractivity (Wildman–Crippen MR) is 108 cm³/mol. The van der Waals surface area contributed by atoms with Crippen LogP contribution in [0.25, 0.3) is 0 Å². The van der Waals surface area contributed by atoms with Crippen LogP contribution in [0.15, 0.2) is 0 Å². The van der Waals surface area contributed by atoms with E-state index in [4.69, 9.17) is 0 Å². The minimum atomic E-state index is -0.733. The molecule has 0 radical (unpaired) electrons. The molecule has 2 unspecified atom stereocenters. The molecule has 0 amide bonds. The molecule has 9 atom stereocenters. The van der Waals surface area contributed by atoms with Crippen molar-refractivity contribution in [3.8, 4) is 0 Å². The highest BCUT2D eigenvalue weighted by molar-refractivity contribution is 5.66. The minimum Gasteiger partial charge on any atom is -0.481 e. The van der Waals surface area contributed by atoms with Gasteiger partial charge in [0, 0.05) is 6.42 Å². The Morgan fingerprint density at radius 1 is 1.15 bits per heavy atom. The largest absolute Gasteiger partial charge is 0.481 e. The lowest BCUT2D eigenvalue weighted by molar-refractivity contribution is -0.185. The molecule has 0 aromatic heterocycles. The number of rotatable bonds is 8. The second kappa shape index (κ2) is 9.26. The molecule has 2 saturated carbocycles. The third-order valence-corrected chi connectivity index (χ3v) is 8.21. The number of aliphatic hydroxyl groups excluding tert-OH is 2. The third kappa shape index (κ3) is 4.53. The zero-order chi connectivity index (χ0) is 20.4. The van der Waals surface area contributed by atoms with Crippen LogP contribution < -0.4 is 0 Å². The van der Waals surface area contributed by atoms with Crippen LogP contribution in [0.5, 0.6) is 0 Å². The van der Waals surface area contributed by atoms with Crippen LogP contribution in [0.4, 0.5) is 0 Å². The average Bonchev–Trinajstić information content (AvgIpc) is 2.60. The molecular weight excluding hydrogens is 340 g/mol. The van der Waals surface area contributed by atoms with E-state index < -0.39 is 5.97 Å². The van der Waals surface area contributed by atoms with Gasteiger partial charge in [0.15, 0.2) is 0 Å². The summed E-state index contributed by atoms with van der Waals surface area (Å²) in [4.78, 5) is 11.2. The van der Waals surface area contributed by atoms with E-state index in [0.717, 1.165) is 38.5 Å². The molecule has 0 aliphatic heterocycles. The maximum absolute atomic E-state index is 11.5. The van der Waals surface area contributed by atoms with E-state index in [9.17, 15) is 20.1 Å². The highest BCUT2D eigenvalue weighted by atomic mass is 16.4. The molecular formula is C23H42O4. The summed E-state index contributed by atoms with van der Waals surface area (Å²) in [6.45, 7) is 11.2. The molecule has 2 rings (SSSR count). The van der Waals surface area contributed by atoms with Crippen molar-refractivity contribution >= 4 is 5.97 Å². The van der Waals surface area contributed by atoms with Gasteiger partial charge >= 0.3 is 5.97 Å². The second-order valence-electron chi connectivity index (χ2n) is 9.88. The van der Waals surface area contributed by atoms with E-state index in [1.54, 1.807) is 0 Å². The molecule has 2 aliphatic carbocycles. The van der Waals surface area contributed by atoms with Crippen molar-refractivity contribution < 1.29 is 20.1 Å². The van der Waals surface area contributed by atoms with Crippen molar-refractivity contribution in [3.05, 3.63) is 0 Å². The molecule has 0 bridgehead atoms. The Kier molecular flexibility index (Phi) is 7.78. The van der Waals surface area contributed by atoms with Gasteiger partial charge in [-0.25, -0.2) is 0 Å². The van der Waals surface area contributed by atoms with Crippen LogP contribution in [0, 0.1) is 40.9 Å². The molecule has 2 fully saturated rings. The molecule has 2 aliphatic rings. The Hall–Kier alpha value is -0.610. The van der Waals surface area contributed by atoms with E-state index >= 15 is 0 Å². The molecule has 3 N–H and O–H groups in total. The van der Waals surface area contributed by atoms with Gasteiger partial charge in [0.1, 0.15) is 0 Å². The summed E-state index contributed by atoms with van der Waals surface area (Å²) in [6.07, 6.45) is 6.01. The molecule has 27 heavy (non-hydrogen) atoms. The fourth-order valence-corrected chi connectivity index (χ4v) is 7.02. The highest BCUT2D eigenvalue weighted by Gasteiger charge is 2.59. The summed E-state index contributed by atoms with van der Waals surface area (Å²) in [5.74, 6) is 1.05. The van der Waals surface area contributed by atoms with Crippen LogP contribution in [0.1, 0.15) is 86.0 Å². The van der Waals surface area contributed by atoms with Gasteiger partial charge in [-0.2, -0.15) is 0 Å². The first kappa shape index (κ1) is 22.7. The fraction of sp³-hybridized carbons (Fsp3) is 0.957. The zero-order valence-corrected chi connectivity index (χ0v) is 18.0. The van der Waals surface area contributed by atoms with Gasteiger partial charge in [-0.05, 0) is 66.6 Å². The molecule has 4 heteroatoms. The van der Waals surface area contributed by atoms with E-state index in [1.807, 2.05) is 0 Å². The summed E-state index contributed by atoms with van der Waals surface area (Å²) in [5.41, 5.74) is 0.0731. The smallest absolute Gasteiger partial charge is 0.303 e. The van der Waals surface area contributed by atoms with Crippen LogP contribution in [-0.4, -0.2) is 33.5 Å². The van der Waals surface area contributed by atoms with Crippen molar-refractivity contribution in [2.24, 2.45) is 40.9 Å². The summed E-state index contributed by atoms with van der Waals surface area (Å²) < 4.78 is 0. The average molecular weight is 383 g/mol. The molecule has 0 spiro atoms. The molecule has 0 saturated heterocycles. The van der Waals surface area contributed by atoms with Crippen LogP contribution in [-0.2, 0) is 4.79 Å². The maximum Gasteiger partial charge on any atom is 0.303 e. The molecule has 0 heterocycles. The summed E-state index contributed by atoms with van der Waals surface area (Å²) >= 11 is 0. The predicted octanol–water partition coefficient (Wildman–Crippen LogP) is 4.72. The highest BCUT2D eigenvalue weighted by Crippen LogP contribution is 2.62. The Balaban J connectivity index is 2.44. The number of hydrogen-bond donors (Lipinski definition) is 3. The zero-order valence-electron chi connectivity index (χ0n) is 18.0. The van der Waals surface area contributed by atoms with Crippen molar-refractivity contribution in [3.63, 3.8) is 0 Å². The van der Waals surface area contributed by atoms with Gasteiger partial charge in [-0.15, -0.1) is 0 Å². The van der Waals surface area contributed by atoms with Crippen molar-refractivity contribution in [1.82, 2.24) is 0 Å². The summed E-state index contributed by atoms with van der Waals surface area (Å²) in [6, 6.07) is 0. The lowest BCUT2D eigenvalue weighted by atomic mass is 9.44. The van der Waals surface area contributed by atoms with Gasteiger partial charge in [-0.1, -0.05) is 53.9 Å². The number of aliphatic carboxylic acids is 1. The standard InChI is InChI=1S/C23H42O4/c1-6-8-14(3)20-21(15(4)9-10-19(25)26)23(5)12-11-16(24)13-18(23)17(7-2)22(20)27/h14-18,20-22,24,27H,6-13H2,1-5H3,(H,25,26)/t14?,15-,16-,17-,18+,20?,21-,22-,23+/m1/s1. The topological polar surface area (TPSA) is 77.8 Å². The lowest BCUT2D eigenvalue weighted by Crippen LogP contribution is -2.60. The Morgan fingerprint density at radius 2 is 1.81 bits per heavy atom. The number of fused-ring (bicyclic) bond motifs is 1. The Morgan fingerprint density at radius 3 is 2.37 bits per heavy atom.